The van der Waals surface area contributed by atoms with Crippen LogP contribution in [0.1, 0.15) is 51.0 Å². The maximum atomic E-state index is 13.1. The highest BCUT2D eigenvalue weighted by Gasteiger charge is 2.31. The molecule has 0 spiro atoms. The molecule has 5 nitrogen and oxygen atoms in total. The first-order valence-corrected chi connectivity index (χ1v) is 9.51. The third-order valence-electron chi connectivity index (χ3n) is 4.78. The van der Waals surface area contributed by atoms with Crippen LogP contribution in [0.2, 0.25) is 0 Å². The third kappa shape index (κ3) is 3.08. The van der Waals surface area contributed by atoms with Gasteiger partial charge in [0.2, 0.25) is 5.91 Å². The summed E-state index contributed by atoms with van der Waals surface area (Å²) in [5, 5.41) is 0.994. The summed E-state index contributed by atoms with van der Waals surface area (Å²) in [6.07, 6.45) is 3.00. The molecule has 26 heavy (non-hydrogen) atoms. The number of hydrogen-bond acceptors (Lipinski definition) is 4. The van der Waals surface area contributed by atoms with Crippen LogP contribution in [0.25, 0.3) is 10.2 Å². The fourth-order valence-corrected chi connectivity index (χ4v) is 4.52. The van der Waals surface area contributed by atoms with Gasteiger partial charge in [-0.25, -0.2) is 4.98 Å². The number of carbonyl (C=O) groups excluding carboxylic acids is 2. The third-order valence-corrected chi connectivity index (χ3v) is 5.91. The zero-order chi connectivity index (χ0) is 18.1. The molecular weight excluding hydrogens is 346 g/mol. The number of benzene rings is 2. The van der Waals surface area contributed by atoms with Gasteiger partial charge in [-0.15, -0.1) is 11.3 Å². The fraction of sp³-hybridized carbons (Fsp3) is 0.250. The second-order valence-corrected chi connectivity index (χ2v) is 7.53. The zero-order valence-electron chi connectivity index (χ0n) is 14.2. The van der Waals surface area contributed by atoms with Gasteiger partial charge in [-0.3, -0.25) is 9.59 Å². The van der Waals surface area contributed by atoms with Gasteiger partial charge in [0.25, 0.3) is 5.91 Å². The van der Waals surface area contributed by atoms with Gasteiger partial charge >= 0.3 is 0 Å². The molecule has 6 heteroatoms. The standard InChI is InChI=1S/C20H19N3O2S/c21-18(24)13-8-10-14(11-9-13)20(25)23-12-4-3-6-16(23)19-22-15-5-1-2-7-17(15)26-19/h1-2,5,7-11,16H,3-4,6,12H2,(H2,21,24). The molecule has 4 rings (SSSR count). The van der Waals surface area contributed by atoms with E-state index in [1.807, 2.05) is 23.1 Å². The minimum atomic E-state index is -0.491. The highest BCUT2D eigenvalue weighted by Crippen LogP contribution is 2.36. The van der Waals surface area contributed by atoms with Crippen molar-refractivity contribution in [3.05, 3.63) is 64.7 Å². The SMILES string of the molecule is NC(=O)c1ccc(C(=O)N2CCCCC2c2nc3ccccc3s2)cc1. The van der Waals surface area contributed by atoms with E-state index < -0.39 is 5.91 Å². The predicted molar refractivity (Wildman–Crippen MR) is 102 cm³/mol. The van der Waals surface area contributed by atoms with Crippen molar-refractivity contribution < 1.29 is 9.59 Å². The summed E-state index contributed by atoms with van der Waals surface area (Å²) in [5.41, 5.74) is 7.24. The van der Waals surface area contributed by atoms with Gasteiger partial charge in [-0.1, -0.05) is 12.1 Å². The lowest BCUT2D eigenvalue weighted by atomic mass is 10.0. The normalized spacial score (nSPS) is 17.4. The van der Waals surface area contributed by atoms with Crippen LogP contribution in [0.4, 0.5) is 0 Å². The second kappa shape index (κ2) is 6.88. The van der Waals surface area contributed by atoms with E-state index >= 15 is 0 Å². The average molecular weight is 365 g/mol. The van der Waals surface area contributed by atoms with Gasteiger partial charge in [-0.05, 0) is 55.7 Å². The summed E-state index contributed by atoms with van der Waals surface area (Å²) in [7, 11) is 0. The van der Waals surface area contributed by atoms with Crippen molar-refractivity contribution in [2.75, 3.05) is 6.54 Å². The molecule has 1 unspecified atom stereocenters. The smallest absolute Gasteiger partial charge is 0.254 e. The highest BCUT2D eigenvalue weighted by atomic mass is 32.1. The van der Waals surface area contributed by atoms with E-state index in [9.17, 15) is 9.59 Å². The first-order valence-electron chi connectivity index (χ1n) is 8.70. The van der Waals surface area contributed by atoms with Crippen LogP contribution < -0.4 is 5.73 Å². The Morgan fingerprint density at radius 2 is 1.77 bits per heavy atom. The van der Waals surface area contributed by atoms with Gasteiger partial charge < -0.3 is 10.6 Å². The lowest BCUT2D eigenvalue weighted by Gasteiger charge is -2.34. The van der Waals surface area contributed by atoms with Crippen molar-refractivity contribution in [1.82, 2.24) is 9.88 Å². The number of thiazole rings is 1. The summed E-state index contributed by atoms with van der Waals surface area (Å²) >= 11 is 1.66. The topological polar surface area (TPSA) is 76.3 Å². The molecule has 2 amide bonds. The molecule has 2 N–H and O–H groups in total. The predicted octanol–water partition coefficient (Wildman–Crippen LogP) is 3.76. The van der Waals surface area contributed by atoms with E-state index in [1.165, 1.54) is 0 Å². The Balaban J connectivity index is 1.64. The molecule has 0 saturated carbocycles. The summed E-state index contributed by atoms with van der Waals surface area (Å²) < 4.78 is 1.14. The number of nitrogens with zero attached hydrogens (tertiary/aromatic N) is 2. The van der Waals surface area contributed by atoms with E-state index in [4.69, 9.17) is 10.7 Å². The van der Waals surface area contributed by atoms with Gasteiger partial charge in [0, 0.05) is 17.7 Å². The second-order valence-electron chi connectivity index (χ2n) is 6.47. The van der Waals surface area contributed by atoms with E-state index in [0.29, 0.717) is 11.1 Å². The Labute approximate surface area is 155 Å². The van der Waals surface area contributed by atoms with Crippen LogP contribution in [-0.4, -0.2) is 28.2 Å². The van der Waals surface area contributed by atoms with Gasteiger partial charge in [0.1, 0.15) is 5.01 Å². The van der Waals surface area contributed by atoms with Crippen molar-refractivity contribution in [2.24, 2.45) is 5.73 Å². The Bertz CT molecular complexity index is 932. The van der Waals surface area contributed by atoms with Crippen LogP contribution >= 0.6 is 11.3 Å². The van der Waals surface area contributed by atoms with Crippen molar-refractivity contribution in [2.45, 2.75) is 25.3 Å². The molecule has 2 heterocycles. The van der Waals surface area contributed by atoms with Crippen molar-refractivity contribution >= 4 is 33.4 Å². The summed E-state index contributed by atoms with van der Waals surface area (Å²) in [6.45, 7) is 0.719. The molecule has 0 bridgehead atoms. The lowest BCUT2D eigenvalue weighted by molar-refractivity contribution is 0.0611. The molecule has 1 aromatic heterocycles. The van der Waals surface area contributed by atoms with E-state index in [2.05, 4.69) is 6.07 Å². The molecule has 132 valence electrons. The Morgan fingerprint density at radius 1 is 1.04 bits per heavy atom. The van der Waals surface area contributed by atoms with E-state index in [-0.39, 0.29) is 11.9 Å². The molecule has 1 saturated heterocycles. The number of fused-ring (bicyclic) bond motifs is 1. The average Bonchev–Trinajstić information content (AvgIpc) is 3.11. The van der Waals surface area contributed by atoms with Crippen LogP contribution in [0, 0.1) is 0 Å². The number of primary amides is 1. The van der Waals surface area contributed by atoms with Crippen molar-refractivity contribution in [3.8, 4) is 0 Å². The highest BCUT2D eigenvalue weighted by molar-refractivity contribution is 7.18. The minimum absolute atomic E-state index is 0.00414. The first-order chi connectivity index (χ1) is 12.6. The molecule has 2 aromatic carbocycles. The molecule has 1 aliphatic heterocycles. The summed E-state index contributed by atoms with van der Waals surface area (Å²) in [4.78, 5) is 31.0. The fourth-order valence-electron chi connectivity index (χ4n) is 3.41. The number of rotatable bonds is 3. The number of amides is 2. The van der Waals surface area contributed by atoms with E-state index in [0.717, 1.165) is 41.0 Å². The quantitative estimate of drug-likeness (QED) is 0.768. The number of para-hydroxylation sites is 1. The van der Waals surface area contributed by atoms with Crippen molar-refractivity contribution in [1.29, 1.82) is 0 Å². The largest absolute Gasteiger partial charge is 0.366 e. The van der Waals surface area contributed by atoms with Crippen LogP contribution in [-0.2, 0) is 0 Å². The van der Waals surface area contributed by atoms with Gasteiger partial charge in [-0.2, -0.15) is 0 Å². The number of piperidine rings is 1. The maximum absolute atomic E-state index is 13.1. The Morgan fingerprint density at radius 3 is 2.50 bits per heavy atom. The Hall–Kier alpha value is -2.73. The summed E-state index contributed by atoms with van der Waals surface area (Å²) in [5.74, 6) is -0.515. The number of likely N-dealkylation sites (tertiary alicyclic amines) is 1. The number of carbonyl (C=O) groups is 2. The number of nitrogens with two attached hydrogens (primary N) is 1. The van der Waals surface area contributed by atoms with Crippen LogP contribution in [0.3, 0.4) is 0 Å². The maximum Gasteiger partial charge on any atom is 0.254 e. The van der Waals surface area contributed by atoms with Crippen LogP contribution in [0.5, 0.6) is 0 Å². The molecule has 1 atom stereocenters. The Kier molecular flexibility index (Phi) is 4.42. The van der Waals surface area contributed by atoms with Gasteiger partial charge in [0.15, 0.2) is 0 Å². The monoisotopic (exact) mass is 365 g/mol. The van der Waals surface area contributed by atoms with Crippen molar-refractivity contribution in [3.63, 3.8) is 0 Å². The van der Waals surface area contributed by atoms with Gasteiger partial charge in [0.05, 0.1) is 16.3 Å². The van der Waals surface area contributed by atoms with Crippen LogP contribution in [0.15, 0.2) is 48.5 Å². The minimum Gasteiger partial charge on any atom is -0.366 e. The molecule has 3 aromatic rings. The number of aromatic nitrogens is 1. The molecule has 1 aliphatic rings. The van der Waals surface area contributed by atoms with E-state index in [1.54, 1.807) is 35.6 Å². The molecule has 0 aliphatic carbocycles. The zero-order valence-corrected chi connectivity index (χ0v) is 15.0. The molecular formula is C20H19N3O2S. The first kappa shape index (κ1) is 16.7. The molecule has 0 radical (unpaired) electrons. The number of hydrogen-bond donors (Lipinski definition) is 1. The summed E-state index contributed by atoms with van der Waals surface area (Å²) in [6, 6.07) is 14.6. The lowest BCUT2D eigenvalue weighted by Crippen LogP contribution is -2.38. The molecule has 1 fully saturated rings.